The number of rotatable bonds is 7. The first-order valence-electron chi connectivity index (χ1n) is 12.9. The number of hydrogen-bond donors (Lipinski definition) is 1. The Morgan fingerprint density at radius 1 is 0.786 bits per heavy atom. The Morgan fingerprint density at radius 2 is 1.50 bits per heavy atom. The predicted octanol–water partition coefficient (Wildman–Crippen LogP) is 8.42. The molecule has 0 spiro atoms. The lowest BCUT2D eigenvalue weighted by molar-refractivity contribution is -0.137. The predicted molar refractivity (Wildman–Crippen MR) is 156 cm³/mol. The molecular weight excluding hydrogens is 567 g/mol. The number of thioether (sulfide) groups is 1. The van der Waals surface area contributed by atoms with Gasteiger partial charge in [0.15, 0.2) is 0 Å². The first-order valence-corrected chi connectivity index (χ1v) is 13.8. The summed E-state index contributed by atoms with van der Waals surface area (Å²) in [4.78, 5) is 43.5. The first-order chi connectivity index (χ1) is 20.1. The summed E-state index contributed by atoms with van der Waals surface area (Å²) in [7, 11) is 0. The number of benzene rings is 4. The van der Waals surface area contributed by atoms with Gasteiger partial charge in [-0.05, 0) is 73.2 Å². The minimum absolute atomic E-state index is 0.0660. The Bertz CT molecular complexity index is 1660. The van der Waals surface area contributed by atoms with E-state index in [1.54, 1.807) is 79.7 Å². The molecule has 0 saturated heterocycles. The van der Waals surface area contributed by atoms with Gasteiger partial charge < -0.3 is 5.11 Å². The average Bonchev–Trinajstić information content (AvgIpc) is 3.06. The van der Waals surface area contributed by atoms with Crippen LogP contribution in [0.5, 0.6) is 0 Å². The number of para-hydroxylation sites is 1. The van der Waals surface area contributed by atoms with Crippen LogP contribution in [0.15, 0.2) is 102 Å². The third-order valence-electron chi connectivity index (χ3n) is 6.63. The van der Waals surface area contributed by atoms with E-state index >= 15 is 0 Å². The van der Waals surface area contributed by atoms with Gasteiger partial charge in [0.1, 0.15) is 0 Å². The normalized spacial score (nSPS) is 13.7. The summed E-state index contributed by atoms with van der Waals surface area (Å²) in [5.41, 5.74) is 0.592. The van der Waals surface area contributed by atoms with Crippen LogP contribution < -0.4 is 14.7 Å². The summed E-state index contributed by atoms with van der Waals surface area (Å²) in [5.74, 6) is -0.633. The number of carbonyl (C=O) groups excluding carboxylic acids is 2. The molecule has 0 atom stereocenters. The number of fused-ring (bicyclic) bond motifs is 1. The molecule has 42 heavy (non-hydrogen) atoms. The van der Waals surface area contributed by atoms with Crippen LogP contribution >= 0.6 is 11.8 Å². The number of aromatic carboxylic acids is 1. The van der Waals surface area contributed by atoms with E-state index in [-0.39, 0.29) is 29.2 Å². The molecule has 1 aliphatic heterocycles. The summed E-state index contributed by atoms with van der Waals surface area (Å²) in [6.07, 6.45) is -4.66. The second-order valence-electron chi connectivity index (χ2n) is 9.31. The van der Waals surface area contributed by atoms with Gasteiger partial charge in [0, 0.05) is 17.2 Å². The molecule has 0 aliphatic carbocycles. The lowest BCUT2D eigenvalue weighted by Gasteiger charge is -2.27. The van der Waals surface area contributed by atoms with E-state index in [1.165, 1.54) is 28.8 Å². The smallest absolute Gasteiger partial charge is 0.416 e. The number of carbonyl (C=O) groups is 3. The molecule has 0 saturated carbocycles. The summed E-state index contributed by atoms with van der Waals surface area (Å²) in [5, 5.41) is 9.27. The van der Waals surface area contributed by atoms with Crippen molar-refractivity contribution < 1.29 is 32.7 Å². The molecule has 5 rings (SSSR count). The van der Waals surface area contributed by atoms with Crippen molar-refractivity contribution in [3.05, 3.63) is 114 Å². The Kier molecular flexibility index (Phi) is 7.95. The zero-order valence-electron chi connectivity index (χ0n) is 22.2. The van der Waals surface area contributed by atoms with Crippen molar-refractivity contribution in [1.29, 1.82) is 0 Å². The molecule has 4 aromatic carbocycles. The maximum atomic E-state index is 14.2. The van der Waals surface area contributed by atoms with E-state index < -0.39 is 29.8 Å². The van der Waals surface area contributed by atoms with Crippen molar-refractivity contribution in [2.24, 2.45) is 0 Å². The van der Waals surface area contributed by atoms with Gasteiger partial charge in [-0.25, -0.2) is 19.3 Å². The van der Waals surface area contributed by atoms with Crippen LogP contribution in [0.1, 0.15) is 28.4 Å². The van der Waals surface area contributed by atoms with Crippen LogP contribution in [0.25, 0.3) is 0 Å². The molecular formula is C31H24F3N3O4S. The molecule has 214 valence electrons. The minimum Gasteiger partial charge on any atom is -0.478 e. The zero-order valence-corrected chi connectivity index (χ0v) is 23.0. The average molecular weight is 592 g/mol. The summed E-state index contributed by atoms with van der Waals surface area (Å²) in [6, 6.07) is 22.9. The van der Waals surface area contributed by atoms with Crippen molar-refractivity contribution in [3.63, 3.8) is 0 Å². The van der Waals surface area contributed by atoms with Crippen LogP contribution in [0, 0.1) is 0 Å². The number of hydrogen-bond acceptors (Lipinski definition) is 4. The third-order valence-corrected chi connectivity index (χ3v) is 7.69. The Hall–Kier alpha value is -4.77. The molecule has 0 fully saturated rings. The number of carboxylic acid groups (broad SMARTS) is 1. The van der Waals surface area contributed by atoms with Gasteiger partial charge in [-0.1, -0.05) is 36.4 Å². The molecule has 0 radical (unpaired) electrons. The number of halogens is 3. The van der Waals surface area contributed by atoms with Crippen molar-refractivity contribution >= 4 is 52.5 Å². The van der Waals surface area contributed by atoms with Gasteiger partial charge in [-0.15, -0.1) is 11.8 Å². The lowest BCUT2D eigenvalue weighted by atomic mass is 10.1. The number of urea groups is 2. The van der Waals surface area contributed by atoms with E-state index in [0.29, 0.717) is 11.4 Å². The van der Waals surface area contributed by atoms with Gasteiger partial charge in [-0.3, -0.25) is 9.80 Å². The van der Waals surface area contributed by atoms with E-state index in [2.05, 4.69) is 0 Å². The van der Waals surface area contributed by atoms with Crippen molar-refractivity contribution in [2.75, 3.05) is 21.2 Å². The van der Waals surface area contributed by atoms with E-state index in [1.807, 2.05) is 0 Å². The Balaban J connectivity index is 1.57. The van der Waals surface area contributed by atoms with Gasteiger partial charge in [0.2, 0.25) is 0 Å². The van der Waals surface area contributed by atoms with E-state index in [0.717, 1.165) is 32.4 Å². The summed E-state index contributed by atoms with van der Waals surface area (Å²) < 4.78 is 41.3. The summed E-state index contributed by atoms with van der Waals surface area (Å²) >= 11 is 1.38. The van der Waals surface area contributed by atoms with Crippen LogP contribution in [0.2, 0.25) is 0 Å². The van der Waals surface area contributed by atoms with Gasteiger partial charge in [0.25, 0.3) is 0 Å². The largest absolute Gasteiger partial charge is 0.478 e. The van der Waals surface area contributed by atoms with Crippen LogP contribution in [0.4, 0.5) is 45.5 Å². The molecule has 4 amide bonds. The SMILES string of the molecule is CCN1C(=O)N(c2cccc(CSc3cccc(C(=O)O)c3)c2)C(=O)N(c2ccccc2)c2cc(C(F)(F)F)ccc21. The monoisotopic (exact) mass is 591 g/mol. The van der Waals surface area contributed by atoms with E-state index in [9.17, 15) is 32.7 Å². The number of imide groups is 1. The molecule has 7 nitrogen and oxygen atoms in total. The fourth-order valence-corrected chi connectivity index (χ4v) is 5.54. The van der Waals surface area contributed by atoms with Crippen LogP contribution in [-0.4, -0.2) is 29.7 Å². The highest BCUT2D eigenvalue weighted by atomic mass is 32.2. The standard InChI is InChI=1S/C31H24F3N3O4S/c1-2-35-26-15-14-22(31(32,33)34)18-27(26)36(23-10-4-3-5-11-23)30(41)37(29(35)40)24-12-6-8-20(16-24)19-42-25-13-7-9-21(17-25)28(38)39/h3-18H,2,19H2,1H3,(H,38,39). The maximum Gasteiger partial charge on any atom is 0.416 e. The fourth-order valence-electron chi connectivity index (χ4n) is 4.64. The molecule has 1 aliphatic rings. The highest BCUT2D eigenvalue weighted by Gasteiger charge is 2.41. The minimum atomic E-state index is -4.66. The number of anilines is 4. The Labute approximate surface area is 243 Å². The molecule has 0 bridgehead atoms. The number of nitrogens with zero attached hydrogens (tertiary/aromatic N) is 3. The number of amides is 4. The topological polar surface area (TPSA) is 81.2 Å². The second kappa shape index (κ2) is 11.6. The second-order valence-corrected chi connectivity index (χ2v) is 10.4. The highest BCUT2D eigenvalue weighted by molar-refractivity contribution is 7.98. The van der Waals surface area contributed by atoms with Crippen LogP contribution in [-0.2, 0) is 11.9 Å². The molecule has 11 heteroatoms. The fraction of sp³-hybridized carbons (Fsp3) is 0.129. The van der Waals surface area contributed by atoms with E-state index in [4.69, 9.17) is 0 Å². The molecule has 1 N–H and O–H groups in total. The number of carboxylic acids is 1. The van der Waals surface area contributed by atoms with Crippen molar-refractivity contribution in [1.82, 2.24) is 0 Å². The van der Waals surface area contributed by atoms with Crippen molar-refractivity contribution in [2.45, 2.75) is 23.7 Å². The molecule has 1 heterocycles. The first kappa shape index (κ1) is 28.7. The van der Waals surface area contributed by atoms with Gasteiger partial charge >= 0.3 is 24.2 Å². The van der Waals surface area contributed by atoms with Gasteiger partial charge in [0.05, 0.1) is 33.9 Å². The lowest BCUT2D eigenvalue weighted by Crippen LogP contribution is -2.48. The Morgan fingerprint density at radius 3 is 2.19 bits per heavy atom. The molecule has 4 aromatic rings. The molecule has 0 aromatic heterocycles. The zero-order chi connectivity index (χ0) is 30.0. The van der Waals surface area contributed by atoms with Crippen LogP contribution in [0.3, 0.4) is 0 Å². The highest BCUT2D eigenvalue weighted by Crippen LogP contribution is 2.43. The quantitative estimate of drug-likeness (QED) is 0.218. The third kappa shape index (κ3) is 5.68. The van der Waals surface area contributed by atoms with Crippen molar-refractivity contribution in [3.8, 4) is 0 Å². The molecule has 0 unspecified atom stereocenters. The maximum absolute atomic E-state index is 14.2. The van der Waals surface area contributed by atoms with Gasteiger partial charge in [-0.2, -0.15) is 13.2 Å². The number of alkyl halides is 3. The summed E-state index contributed by atoms with van der Waals surface area (Å²) in [6.45, 7) is 1.78.